The van der Waals surface area contributed by atoms with Gasteiger partial charge >= 0.3 is 0 Å². The van der Waals surface area contributed by atoms with Crippen molar-refractivity contribution in [3.05, 3.63) is 52.9 Å². The fraction of sp³-hybridized carbons (Fsp3) is 0.267. The number of rotatable bonds is 3. The Morgan fingerprint density at radius 1 is 1.25 bits per heavy atom. The van der Waals surface area contributed by atoms with E-state index >= 15 is 0 Å². The van der Waals surface area contributed by atoms with E-state index in [0.717, 1.165) is 30.3 Å². The van der Waals surface area contributed by atoms with E-state index in [1.165, 1.54) is 0 Å². The van der Waals surface area contributed by atoms with E-state index in [9.17, 15) is 10.1 Å². The second-order valence-electron chi connectivity index (χ2n) is 4.94. The molecule has 1 aliphatic carbocycles. The minimum absolute atomic E-state index is 0.122. The van der Waals surface area contributed by atoms with Crippen LogP contribution in [0.15, 0.2) is 42.7 Å². The molecule has 1 unspecified atom stereocenters. The summed E-state index contributed by atoms with van der Waals surface area (Å²) < 4.78 is 0. The summed E-state index contributed by atoms with van der Waals surface area (Å²) in [6.45, 7) is 0. The van der Waals surface area contributed by atoms with Gasteiger partial charge in [-0.1, -0.05) is 12.2 Å². The van der Waals surface area contributed by atoms with Gasteiger partial charge in [-0.15, -0.1) is 0 Å². The molecule has 20 heavy (non-hydrogen) atoms. The van der Waals surface area contributed by atoms with E-state index in [-0.39, 0.29) is 10.6 Å². The van der Waals surface area contributed by atoms with E-state index in [0.29, 0.717) is 11.4 Å². The zero-order valence-electron chi connectivity index (χ0n) is 11.0. The lowest BCUT2D eigenvalue weighted by molar-refractivity contribution is -0.383. The van der Waals surface area contributed by atoms with Crippen LogP contribution in [0.3, 0.4) is 0 Å². The Kier molecular flexibility index (Phi) is 3.33. The maximum absolute atomic E-state index is 11.1. The van der Waals surface area contributed by atoms with Gasteiger partial charge in [0.2, 0.25) is 0 Å². The van der Waals surface area contributed by atoms with Gasteiger partial charge in [0.15, 0.2) is 0 Å². The van der Waals surface area contributed by atoms with E-state index in [4.69, 9.17) is 0 Å². The Balaban J connectivity index is 2.01. The molecule has 0 aliphatic heterocycles. The molecule has 1 aliphatic rings. The molecule has 5 nitrogen and oxygen atoms in total. The van der Waals surface area contributed by atoms with Crippen LogP contribution in [-0.4, -0.2) is 15.9 Å². The summed E-state index contributed by atoms with van der Waals surface area (Å²) in [4.78, 5) is 14.8. The number of benzene rings is 1. The molecule has 5 heteroatoms. The first-order valence-electron chi connectivity index (χ1n) is 6.68. The Morgan fingerprint density at radius 2 is 2.15 bits per heavy atom. The Morgan fingerprint density at radius 3 is 2.90 bits per heavy atom. The number of hydrogen-bond donors (Lipinski definition) is 1. The second-order valence-corrected chi connectivity index (χ2v) is 4.94. The zero-order chi connectivity index (χ0) is 13.9. The maximum atomic E-state index is 11.1. The van der Waals surface area contributed by atoms with Crippen LogP contribution in [0, 0.1) is 10.1 Å². The second kappa shape index (κ2) is 5.28. The molecule has 102 valence electrons. The fourth-order valence-electron chi connectivity index (χ4n) is 2.60. The number of hydrogen-bond acceptors (Lipinski definition) is 4. The molecule has 0 saturated heterocycles. The first-order chi connectivity index (χ1) is 9.75. The van der Waals surface area contributed by atoms with Crippen molar-refractivity contribution < 1.29 is 4.92 Å². The molecular formula is C15H15N3O2. The average Bonchev–Trinajstić information content (AvgIpc) is 2.48. The monoisotopic (exact) mass is 269 g/mol. The molecule has 1 atom stereocenters. The maximum Gasteiger partial charge on any atom is 0.277 e. The topological polar surface area (TPSA) is 68.1 Å². The van der Waals surface area contributed by atoms with Gasteiger partial charge in [-0.3, -0.25) is 15.1 Å². The summed E-state index contributed by atoms with van der Waals surface area (Å²) in [5.74, 6) is 0. The van der Waals surface area contributed by atoms with Crippen LogP contribution < -0.4 is 5.32 Å². The predicted molar refractivity (Wildman–Crippen MR) is 78.8 cm³/mol. The lowest BCUT2D eigenvalue weighted by Crippen LogP contribution is -2.20. The van der Waals surface area contributed by atoms with E-state index in [1.54, 1.807) is 30.6 Å². The normalized spacial score (nSPS) is 18.1. The van der Waals surface area contributed by atoms with Crippen molar-refractivity contribution in [1.82, 2.24) is 4.98 Å². The summed E-state index contributed by atoms with van der Waals surface area (Å²) in [6.07, 6.45) is 10.8. The highest BCUT2D eigenvalue weighted by Crippen LogP contribution is 2.31. The lowest BCUT2D eigenvalue weighted by Gasteiger charge is -2.21. The summed E-state index contributed by atoms with van der Waals surface area (Å²) in [7, 11) is 0. The van der Waals surface area contributed by atoms with Crippen LogP contribution in [-0.2, 0) is 0 Å². The Labute approximate surface area is 116 Å². The number of nitro benzene ring substituents is 1. The van der Waals surface area contributed by atoms with Crippen molar-refractivity contribution in [1.29, 1.82) is 0 Å². The smallest absolute Gasteiger partial charge is 0.277 e. The highest BCUT2D eigenvalue weighted by molar-refractivity contribution is 5.99. The molecule has 1 aromatic heterocycles. The molecule has 3 rings (SSSR count). The molecular weight excluding hydrogens is 254 g/mol. The minimum atomic E-state index is -0.352. The van der Waals surface area contributed by atoms with E-state index < -0.39 is 0 Å². The number of allylic oxidation sites excluding steroid dienone is 1. The number of pyridine rings is 1. The van der Waals surface area contributed by atoms with Gasteiger partial charge in [0.1, 0.15) is 0 Å². The number of aromatic nitrogens is 1. The average molecular weight is 269 g/mol. The van der Waals surface area contributed by atoms with Gasteiger partial charge in [-0.2, -0.15) is 0 Å². The summed E-state index contributed by atoms with van der Waals surface area (Å²) in [5.41, 5.74) is 1.04. The molecule has 0 saturated carbocycles. The van der Waals surface area contributed by atoms with Crippen molar-refractivity contribution in [2.45, 2.75) is 25.3 Å². The Hall–Kier alpha value is -2.43. The molecule has 0 radical (unpaired) electrons. The standard InChI is InChI=1S/C15H15N3O2/c19-18(20)15-7-6-14(13-10-16-9-8-12(13)15)17-11-4-2-1-3-5-11/h1-2,6-11,17H,3-5H2. The van der Waals surface area contributed by atoms with E-state index in [1.807, 2.05) is 0 Å². The molecule has 1 aromatic carbocycles. The molecule has 1 N–H and O–H groups in total. The summed E-state index contributed by atoms with van der Waals surface area (Å²) in [6, 6.07) is 5.41. The van der Waals surface area contributed by atoms with Gasteiger partial charge in [-0.05, 0) is 31.4 Å². The molecule has 0 fully saturated rings. The number of fused-ring (bicyclic) bond motifs is 1. The SMILES string of the molecule is O=[N+]([O-])c1ccc(NC2CC=CCC2)c2cnccc12. The minimum Gasteiger partial charge on any atom is -0.381 e. The zero-order valence-corrected chi connectivity index (χ0v) is 11.0. The first-order valence-corrected chi connectivity index (χ1v) is 6.68. The van der Waals surface area contributed by atoms with Crippen LogP contribution in [0.4, 0.5) is 11.4 Å². The molecule has 1 heterocycles. The number of non-ortho nitro benzene ring substituents is 1. The van der Waals surface area contributed by atoms with Crippen molar-refractivity contribution in [3.8, 4) is 0 Å². The number of nitrogens with zero attached hydrogens (tertiary/aromatic N) is 2. The van der Waals surface area contributed by atoms with Gasteiger partial charge in [0.25, 0.3) is 5.69 Å². The molecule has 0 amide bonds. The third kappa shape index (κ3) is 2.34. The highest BCUT2D eigenvalue weighted by Gasteiger charge is 2.16. The summed E-state index contributed by atoms with van der Waals surface area (Å²) in [5, 5.41) is 16.0. The Bertz CT molecular complexity index is 682. The number of nitro groups is 1. The largest absolute Gasteiger partial charge is 0.381 e. The van der Waals surface area contributed by atoms with Crippen molar-refractivity contribution in [2.75, 3.05) is 5.32 Å². The highest BCUT2D eigenvalue weighted by atomic mass is 16.6. The third-order valence-electron chi connectivity index (χ3n) is 3.62. The van der Waals surface area contributed by atoms with Crippen molar-refractivity contribution >= 4 is 22.1 Å². The lowest BCUT2D eigenvalue weighted by atomic mass is 10.0. The first kappa shape index (κ1) is 12.6. The van der Waals surface area contributed by atoms with Crippen molar-refractivity contribution in [3.63, 3.8) is 0 Å². The third-order valence-corrected chi connectivity index (χ3v) is 3.62. The number of nitrogens with one attached hydrogen (secondary N) is 1. The van der Waals surface area contributed by atoms with Gasteiger partial charge in [-0.25, -0.2) is 0 Å². The van der Waals surface area contributed by atoms with Gasteiger partial charge in [0, 0.05) is 35.6 Å². The van der Waals surface area contributed by atoms with Crippen LogP contribution in [0.1, 0.15) is 19.3 Å². The van der Waals surface area contributed by atoms with Crippen LogP contribution in [0.25, 0.3) is 10.8 Å². The van der Waals surface area contributed by atoms with Crippen LogP contribution >= 0.6 is 0 Å². The van der Waals surface area contributed by atoms with Gasteiger partial charge in [0.05, 0.1) is 10.3 Å². The summed E-state index contributed by atoms with van der Waals surface area (Å²) >= 11 is 0. The van der Waals surface area contributed by atoms with Gasteiger partial charge < -0.3 is 5.32 Å². The fourth-order valence-corrected chi connectivity index (χ4v) is 2.60. The van der Waals surface area contributed by atoms with Crippen LogP contribution in [0.5, 0.6) is 0 Å². The number of anilines is 1. The quantitative estimate of drug-likeness (QED) is 0.524. The van der Waals surface area contributed by atoms with E-state index in [2.05, 4.69) is 22.5 Å². The van der Waals surface area contributed by atoms with Crippen LogP contribution in [0.2, 0.25) is 0 Å². The molecule has 0 spiro atoms. The molecule has 0 bridgehead atoms. The predicted octanol–water partition coefficient (Wildman–Crippen LogP) is 3.66. The molecule has 2 aromatic rings. The van der Waals surface area contributed by atoms with Crippen molar-refractivity contribution in [2.24, 2.45) is 0 Å².